The predicted molar refractivity (Wildman–Crippen MR) is 103 cm³/mol. The molecular formula is C23H30OU-. The van der Waals surface area contributed by atoms with Gasteiger partial charge in [0.25, 0.3) is 0 Å². The molecule has 0 bridgehead atoms. The first kappa shape index (κ1) is 27.9. The quantitative estimate of drug-likeness (QED) is 0.364. The molecule has 0 aromatic rings. The summed E-state index contributed by atoms with van der Waals surface area (Å²) in [6, 6.07) is 0. The van der Waals surface area contributed by atoms with E-state index < -0.39 is 0 Å². The van der Waals surface area contributed by atoms with Crippen molar-refractivity contribution in [3.05, 3.63) is 94.8 Å². The van der Waals surface area contributed by atoms with Crippen LogP contribution in [0.1, 0.15) is 41.5 Å². The van der Waals surface area contributed by atoms with Crippen LogP contribution in [0.5, 0.6) is 0 Å². The van der Waals surface area contributed by atoms with Gasteiger partial charge in [0, 0.05) is 31.1 Å². The third-order valence-corrected chi connectivity index (χ3v) is 2.79. The Kier molecular flexibility index (Phi) is 18.8. The summed E-state index contributed by atoms with van der Waals surface area (Å²) in [4.78, 5) is 9.70. The summed E-state index contributed by atoms with van der Waals surface area (Å²) >= 11 is 0. The zero-order valence-corrected chi connectivity index (χ0v) is 20.5. The zero-order valence-electron chi connectivity index (χ0n) is 16.3. The summed E-state index contributed by atoms with van der Waals surface area (Å²) in [6.07, 6.45) is 26.6. The fourth-order valence-electron chi connectivity index (χ4n) is 1.41. The van der Waals surface area contributed by atoms with Crippen molar-refractivity contribution in [2.45, 2.75) is 41.5 Å². The molecule has 0 saturated heterocycles. The number of hydrogen-bond acceptors (Lipinski definition) is 1. The fourth-order valence-corrected chi connectivity index (χ4v) is 1.41. The predicted octanol–water partition coefficient (Wildman–Crippen LogP) is 5.38. The number of carbonyl (C=O) groups excluding carboxylic acids is 1. The minimum Gasteiger partial charge on any atom is -0.541 e. The molecule has 0 amide bonds. The standard InChI is InChI=1S/3C6H7.C5H9O.U/c3*1-6-4-2-3-5-6;1-5(2,3)4-6;/h3*2-5H,1H3;1-3H3;/q;;;-1;. The van der Waals surface area contributed by atoms with Gasteiger partial charge in [0.2, 0.25) is 0 Å². The van der Waals surface area contributed by atoms with Crippen molar-refractivity contribution in [1.82, 2.24) is 0 Å². The van der Waals surface area contributed by atoms with Crippen molar-refractivity contribution in [2.24, 2.45) is 5.41 Å². The Balaban J connectivity index is 0. The van der Waals surface area contributed by atoms with Crippen LogP contribution < -0.4 is 0 Å². The van der Waals surface area contributed by atoms with Gasteiger partial charge in [-0.3, -0.25) is 6.29 Å². The molecule has 0 heterocycles. The van der Waals surface area contributed by atoms with Gasteiger partial charge < -0.3 is 4.79 Å². The zero-order chi connectivity index (χ0) is 18.4. The van der Waals surface area contributed by atoms with E-state index in [0.29, 0.717) is 0 Å². The monoisotopic (exact) mass is 560 g/mol. The average Bonchev–Trinajstić information content (AvgIpc) is 3.26. The Morgan fingerprint density at radius 2 is 0.760 bits per heavy atom. The molecule has 3 fully saturated rings. The van der Waals surface area contributed by atoms with Crippen LogP contribution in [0, 0.1) is 131 Å². The first-order valence-corrected chi connectivity index (χ1v) is 8.19. The second-order valence-corrected chi connectivity index (χ2v) is 6.74. The van der Waals surface area contributed by atoms with E-state index in [-0.39, 0.29) is 36.5 Å². The van der Waals surface area contributed by atoms with E-state index in [4.69, 9.17) is 0 Å². The van der Waals surface area contributed by atoms with Gasteiger partial charge in [-0.1, -0.05) is 41.5 Å². The van der Waals surface area contributed by atoms with Gasteiger partial charge in [0.15, 0.2) is 0 Å². The Hall–Kier alpha value is 0.722. The van der Waals surface area contributed by atoms with Gasteiger partial charge in [-0.25, -0.2) is 0 Å². The van der Waals surface area contributed by atoms with E-state index in [1.165, 1.54) is 17.8 Å². The van der Waals surface area contributed by atoms with Crippen LogP contribution in [0.15, 0.2) is 0 Å². The second-order valence-electron chi connectivity index (χ2n) is 6.74. The van der Waals surface area contributed by atoms with E-state index in [2.05, 4.69) is 59.3 Å². The summed E-state index contributed by atoms with van der Waals surface area (Å²) in [6.45, 7) is 11.7. The van der Waals surface area contributed by atoms with Gasteiger partial charge in [-0.05, 0) is 94.8 Å². The molecule has 0 aromatic heterocycles. The molecule has 0 N–H and O–H groups in total. The molecule has 1 nitrogen and oxygen atoms in total. The molecular weight excluding hydrogens is 530 g/mol. The van der Waals surface area contributed by atoms with E-state index >= 15 is 0 Å². The average molecular weight is 561 g/mol. The normalized spacial score (nSPS) is 21.0. The molecule has 15 radical (unpaired) electrons. The first-order valence-electron chi connectivity index (χ1n) is 8.19. The smallest absolute Gasteiger partial charge is 0 e. The maximum atomic E-state index is 9.70. The molecule has 3 saturated carbocycles. The van der Waals surface area contributed by atoms with Crippen molar-refractivity contribution in [3.63, 3.8) is 0 Å². The van der Waals surface area contributed by atoms with Crippen molar-refractivity contribution < 1.29 is 35.9 Å². The molecule has 0 atom stereocenters. The minimum atomic E-state index is -0.264. The molecule has 3 aliphatic rings. The van der Waals surface area contributed by atoms with Gasteiger partial charge in [-0.15, -0.1) is 5.41 Å². The second kappa shape index (κ2) is 16.9. The van der Waals surface area contributed by atoms with Crippen molar-refractivity contribution in [2.75, 3.05) is 0 Å². The Labute approximate surface area is 183 Å². The minimum absolute atomic E-state index is 0. The molecule has 133 valence electrons. The molecule has 0 aliphatic heterocycles. The van der Waals surface area contributed by atoms with E-state index in [1.54, 1.807) is 0 Å². The summed E-state index contributed by atoms with van der Waals surface area (Å²) in [5.74, 6) is 4.03. The summed E-state index contributed by atoms with van der Waals surface area (Å²) in [5, 5.41) is 0. The van der Waals surface area contributed by atoms with Gasteiger partial charge in [0.05, 0.1) is 0 Å². The third-order valence-electron chi connectivity index (χ3n) is 2.79. The van der Waals surface area contributed by atoms with Crippen LogP contribution in [-0.4, -0.2) is 6.29 Å². The summed E-state index contributed by atoms with van der Waals surface area (Å²) < 4.78 is 0. The van der Waals surface area contributed by atoms with Gasteiger partial charge in [-0.2, -0.15) is 0 Å². The van der Waals surface area contributed by atoms with Crippen LogP contribution >= 0.6 is 0 Å². The van der Waals surface area contributed by atoms with E-state index in [9.17, 15) is 4.79 Å². The summed E-state index contributed by atoms with van der Waals surface area (Å²) in [7, 11) is 0. The van der Waals surface area contributed by atoms with Crippen molar-refractivity contribution in [1.29, 1.82) is 0 Å². The van der Waals surface area contributed by atoms with Crippen LogP contribution in [-0.2, 0) is 4.79 Å². The topological polar surface area (TPSA) is 17.1 Å². The van der Waals surface area contributed by atoms with Crippen LogP contribution in [0.3, 0.4) is 0 Å². The van der Waals surface area contributed by atoms with Crippen molar-refractivity contribution >= 4 is 6.29 Å². The molecule has 3 rings (SSSR count). The molecule has 25 heavy (non-hydrogen) atoms. The molecule has 0 spiro atoms. The van der Waals surface area contributed by atoms with Crippen LogP contribution in [0.4, 0.5) is 0 Å². The number of hydrogen-bond donors (Lipinski definition) is 0. The van der Waals surface area contributed by atoms with Gasteiger partial charge in [0.1, 0.15) is 0 Å². The van der Waals surface area contributed by atoms with Crippen LogP contribution in [0.2, 0.25) is 0 Å². The molecule has 3 aliphatic carbocycles. The fraction of sp³-hybridized carbons (Fsp3) is 0.304. The van der Waals surface area contributed by atoms with Crippen LogP contribution in [0.25, 0.3) is 0 Å². The Bertz CT molecular complexity index is 244. The molecule has 0 unspecified atom stereocenters. The number of rotatable bonds is 0. The Morgan fingerprint density at radius 3 is 0.800 bits per heavy atom. The first-order chi connectivity index (χ1) is 11.2. The third kappa shape index (κ3) is 20.9. The molecule has 2 heteroatoms. The summed E-state index contributed by atoms with van der Waals surface area (Å²) in [5.41, 5.74) is -0.264. The Morgan fingerprint density at radius 1 is 0.600 bits per heavy atom. The molecule has 0 aromatic carbocycles. The maximum absolute atomic E-state index is 9.70. The SMILES string of the molecule is CC(C)(C)[C-]=O.C[C]1[CH][CH][CH][CH]1.C[C]1[CH][CH][CH][CH]1.C[C]1[CH][CH][CH][CH]1.[U]. The largest absolute Gasteiger partial charge is 0.541 e. The maximum Gasteiger partial charge on any atom is 0 e. The van der Waals surface area contributed by atoms with Crippen molar-refractivity contribution in [3.8, 4) is 0 Å². The van der Waals surface area contributed by atoms with E-state index in [0.717, 1.165) is 0 Å². The van der Waals surface area contributed by atoms with Gasteiger partial charge >= 0.3 is 0 Å². The van der Waals surface area contributed by atoms with E-state index in [1.807, 2.05) is 65.6 Å².